The smallest absolute Gasteiger partial charge is 0.0443 e. The van der Waals surface area contributed by atoms with Gasteiger partial charge in [0.25, 0.3) is 0 Å². The Balaban J connectivity index is 2.03. The van der Waals surface area contributed by atoms with Gasteiger partial charge in [0.2, 0.25) is 0 Å². The third-order valence-corrected chi connectivity index (χ3v) is 4.82. The van der Waals surface area contributed by atoms with E-state index >= 15 is 0 Å². The Kier molecular flexibility index (Phi) is 4.05. The molecular weight excluding hydrogens is 324 g/mol. The molecule has 0 aromatic heterocycles. The number of rotatable bonds is 2. The van der Waals surface area contributed by atoms with E-state index in [2.05, 4.69) is 70.2 Å². The average Bonchev–Trinajstić information content (AvgIpc) is 2.45. The predicted molar refractivity (Wildman–Crippen MR) is 93.1 cm³/mol. The summed E-state index contributed by atoms with van der Waals surface area (Å²) in [6.07, 6.45) is 1.16. The molecule has 0 amide bonds. The standard InChI is InChI=1S/C18H21BrN2/c1-12-9-14-5-3-4-6-18(14)21(11-12)15-7-8-16(13(2)20)17(19)10-15/h3-8,10,12-13H,9,11,20H2,1-2H3. The maximum absolute atomic E-state index is 6.00. The number of benzene rings is 2. The van der Waals surface area contributed by atoms with E-state index in [0.29, 0.717) is 5.92 Å². The highest BCUT2D eigenvalue weighted by Crippen LogP contribution is 2.37. The highest BCUT2D eigenvalue weighted by Gasteiger charge is 2.23. The fraction of sp³-hybridized carbons (Fsp3) is 0.333. The Bertz CT molecular complexity index is 651. The van der Waals surface area contributed by atoms with E-state index in [-0.39, 0.29) is 6.04 Å². The number of fused-ring (bicyclic) bond motifs is 1. The van der Waals surface area contributed by atoms with E-state index in [4.69, 9.17) is 5.73 Å². The van der Waals surface area contributed by atoms with Gasteiger partial charge in [-0.25, -0.2) is 0 Å². The second-order valence-electron chi connectivity index (χ2n) is 6.04. The summed E-state index contributed by atoms with van der Waals surface area (Å²) in [4.78, 5) is 2.42. The van der Waals surface area contributed by atoms with E-state index in [1.54, 1.807) is 0 Å². The molecule has 0 saturated carbocycles. The van der Waals surface area contributed by atoms with Crippen LogP contribution in [0.1, 0.15) is 31.0 Å². The molecule has 0 bridgehead atoms. The van der Waals surface area contributed by atoms with Gasteiger partial charge in [0.05, 0.1) is 0 Å². The predicted octanol–water partition coefficient (Wildman–Crippen LogP) is 4.80. The molecule has 3 heteroatoms. The lowest BCUT2D eigenvalue weighted by molar-refractivity contribution is 0.562. The van der Waals surface area contributed by atoms with E-state index in [1.807, 2.05) is 6.92 Å². The van der Waals surface area contributed by atoms with Crippen molar-refractivity contribution in [2.75, 3.05) is 11.4 Å². The normalized spacial score (nSPS) is 19.2. The van der Waals surface area contributed by atoms with Gasteiger partial charge in [0.15, 0.2) is 0 Å². The van der Waals surface area contributed by atoms with Crippen LogP contribution in [0.2, 0.25) is 0 Å². The molecule has 0 fully saturated rings. The number of nitrogens with two attached hydrogens (primary N) is 1. The van der Waals surface area contributed by atoms with Crippen LogP contribution in [-0.4, -0.2) is 6.54 Å². The van der Waals surface area contributed by atoms with Crippen LogP contribution in [0.5, 0.6) is 0 Å². The van der Waals surface area contributed by atoms with Gasteiger partial charge < -0.3 is 10.6 Å². The third kappa shape index (κ3) is 2.85. The quantitative estimate of drug-likeness (QED) is 0.847. The zero-order chi connectivity index (χ0) is 15.0. The fourth-order valence-corrected chi connectivity index (χ4v) is 3.82. The van der Waals surface area contributed by atoms with E-state index in [0.717, 1.165) is 23.0 Å². The first kappa shape index (κ1) is 14.6. The molecule has 21 heavy (non-hydrogen) atoms. The molecule has 0 spiro atoms. The average molecular weight is 345 g/mol. The van der Waals surface area contributed by atoms with Crippen molar-refractivity contribution in [3.05, 3.63) is 58.1 Å². The van der Waals surface area contributed by atoms with Crippen LogP contribution in [-0.2, 0) is 6.42 Å². The van der Waals surface area contributed by atoms with Gasteiger partial charge in [0, 0.05) is 28.4 Å². The topological polar surface area (TPSA) is 29.3 Å². The van der Waals surface area contributed by atoms with E-state index in [9.17, 15) is 0 Å². The largest absolute Gasteiger partial charge is 0.341 e. The van der Waals surface area contributed by atoms with Gasteiger partial charge in [-0.15, -0.1) is 0 Å². The number of hydrogen-bond acceptors (Lipinski definition) is 2. The van der Waals surface area contributed by atoms with Crippen molar-refractivity contribution in [2.45, 2.75) is 26.3 Å². The van der Waals surface area contributed by atoms with Gasteiger partial charge in [-0.1, -0.05) is 47.1 Å². The van der Waals surface area contributed by atoms with Crippen molar-refractivity contribution in [1.29, 1.82) is 0 Å². The van der Waals surface area contributed by atoms with Gasteiger partial charge in [-0.05, 0) is 48.6 Å². The lowest BCUT2D eigenvalue weighted by atomic mass is 9.93. The van der Waals surface area contributed by atoms with E-state index in [1.165, 1.54) is 16.9 Å². The summed E-state index contributed by atoms with van der Waals surface area (Å²) >= 11 is 3.66. The van der Waals surface area contributed by atoms with Crippen LogP contribution in [0.25, 0.3) is 0 Å². The monoisotopic (exact) mass is 344 g/mol. The van der Waals surface area contributed by atoms with Crippen molar-refractivity contribution in [3.63, 3.8) is 0 Å². The van der Waals surface area contributed by atoms with Crippen molar-refractivity contribution >= 4 is 27.3 Å². The molecule has 2 aromatic rings. The third-order valence-electron chi connectivity index (χ3n) is 4.13. The van der Waals surface area contributed by atoms with Crippen molar-refractivity contribution in [1.82, 2.24) is 0 Å². The molecule has 0 saturated heterocycles. The molecule has 1 aliphatic rings. The molecule has 110 valence electrons. The Labute approximate surface area is 135 Å². The van der Waals surface area contributed by atoms with E-state index < -0.39 is 0 Å². The first-order chi connectivity index (χ1) is 10.1. The summed E-state index contributed by atoms with van der Waals surface area (Å²) in [6.45, 7) is 5.38. The summed E-state index contributed by atoms with van der Waals surface area (Å²) in [7, 11) is 0. The minimum absolute atomic E-state index is 0.0426. The molecule has 1 aliphatic heterocycles. The van der Waals surface area contributed by atoms with Gasteiger partial charge in [0.1, 0.15) is 0 Å². The SMILES string of the molecule is CC1Cc2ccccc2N(c2ccc(C(C)N)c(Br)c2)C1. The Morgan fingerprint density at radius 2 is 2.00 bits per heavy atom. The molecule has 2 nitrogen and oxygen atoms in total. The van der Waals surface area contributed by atoms with Crippen molar-refractivity contribution in [3.8, 4) is 0 Å². The first-order valence-electron chi connectivity index (χ1n) is 7.46. The fourth-order valence-electron chi connectivity index (χ4n) is 3.09. The molecule has 2 unspecified atom stereocenters. The molecular formula is C18H21BrN2. The number of hydrogen-bond donors (Lipinski definition) is 1. The first-order valence-corrected chi connectivity index (χ1v) is 8.26. The van der Waals surface area contributed by atoms with Crippen LogP contribution >= 0.6 is 15.9 Å². The second-order valence-corrected chi connectivity index (χ2v) is 6.90. The molecule has 2 aromatic carbocycles. The molecule has 0 radical (unpaired) electrons. The van der Waals surface area contributed by atoms with Gasteiger partial charge in [-0.3, -0.25) is 0 Å². The number of anilines is 2. The maximum atomic E-state index is 6.00. The highest BCUT2D eigenvalue weighted by atomic mass is 79.9. The zero-order valence-corrected chi connectivity index (χ0v) is 14.1. The van der Waals surface area contributed by atoms with Crippen LogP contribution in [0.4, 0.5) is 11.4 Å². The van der Waals surface area contributed by atoms with Crippen molar-refractivity contribution < 1.29 is 0 Å². The summed E-state index contributed by atoms with van der Waals surface area (Å²) < 4.78 is 1.09. The second kappa shape index (κ2) is 5.82. The zero-order valence-electron chi connectivity index (χ0n) is 12.5. The summed E-state index contributed by atoms with van der Waals surface area (Å²) in [6, 6.07) is 15.2. The number of nitrogens with zero attached hydrogens (tertiary/aromatic N) is 1. The molecule has 3 rings (SSSR count). The summed E-state index contributed by atoms with van der Waals surface area (Å²) in [5, 5.41) is 0. The number of halogens is 1. The van der Waals surface area contributed by atoms with Crippen molar-refractivity contribution in [2.24, 2.45) is 11.7 Å². The summed E-state index contributed by atoms with van der Waals surface area (Å²) in [5.41, 5.74) is 11.1. The maximum Gasteiger partial charge on any atom is 0.0443 e. The number of para-hydroxylation sites is 1. The van der Waals surface area contributed by atoms with Crippen LogP contribution in [0.15, 0.2) is 46.9 Å². The highest BCUT2D eigenvalue weighted by molar-refractivity contribution is 9.10. The molecule has 0 aliphatic carbocycles. The van der Waals surface area contributed by atoms with Gasteiger partial charge >= 0.3 is 0 Å². The lowest BCUT2D eigenvalue weighted by Crippen LogP contribution is -2.30. The minimum atomic E-state index is 0.0426. The Morgan fingerprint density at radius 3 is 2.71 bits per heavy atom. The molecule has 2 N–H and O–H groups in total. The van der Waals surface area contributed by atoms with Crippen LogP contribution in [0.3, 0.4) is 0 Å². The van der Waals surface area contributed by atoms with Gasteiger partial charge in [-0.2, -0.15) is 0 Å². The molecule has 1 heterocycles. The summed E-state index contributed by atoms with van der Waals surface area (Å²) in [5.74, 6) is 0.659. The minimum Gasteiger partial charge on any atom is -0.341 e. The van der Waals surface area contributed by atoms with Crippen LogP contribution < -0.4 is 10.6 Å². The Hall–Kier alpha value is -1.32. The molecule has 2 atom stereocenters. The van der Waals surface area contributed by atoms with Crippen LogP contribution in [0, 0.1) is 5.92 Å². The Morgan fingerprint density at radius 1 is 1.24 bits per heavy atom. The lowest BCUT2D eigenvalue weighted by Gasteiger charge is -2.35.